The summed E-state index contributed by atoms with van der Waals surface area (Å²) in [6.07, 6.45) is 3.49. The number of rotatable bonds is 4. The second kappa shape index (κ2) is 7.74. The molecule has 0 saturated heterocycles. The second-order valence-corrected chi connectivity index (χ2v) is 7.28. The molecule has 2 aromatic carbocycles. The van der Waals surface area contributed by atoms with E-state index in [1.54, 1.807) is 48.8 Å². The first-order valence-electron chi connectivity index (χ1n) is 8.65. The molecule has 4 aromatic rings. The van der Waals surface area contributed by atoms with Crippen LogP contribution in [0.5, 0.6) is 5.75 Å². The minimum Gasteiger partial charge on any atom is -0.505 e. The summed E-state index contributed by atoms with van der Waals surface area (Å²) >= 11 is 12.3. The molecule has 0 aliphatic rings. The fraction of sp³-hybridized carbons (Fsp3) is 0.0909. The lowest BCUT2D eigenvalue weighted by molar-refractivity contribution is 0.468. The van der Waals surface area contributed by atoms with Crippen LogP contribution in [0.3, 0.4) is 0 Å². The minimum atomic E-state index is -0.547. The van der Waals surface area contributed by atoms with Crippen LogP contribution < -0.4 is 0 Å². The first kappa shape index (κ1) is 18.7. The second-order valence-electron chi connectivity index (χ2n) is 6.44. The van der Waals surface area contributed by atoms with E-state index in [0.717, 1.165) is 5.39 Å². The molecule has 0 amide bonds. The zero-order chi connectivity index (χ0) is 19.7. The maximum Gasteiger partial charge on any atom is 0.145 e. The van der Waals surface area contributed by atoms with Crippen molar-refractivity contribution in [3.63, 3.8) is 0 Å². The molecule has 0 radical (unpaired) electrons. The quantitative estimate of drug-likeness (QED) is 0.436. The number of nitrogens with zero attached hydrogens (tertiary/aromatic N) is 2. The van der Waals surface area contributed by atoms with Gasteiger partial charge in [-0.3, -0.25) is 9.97 Å². The van der Waals surface area contributed by atoms with Gasteiger partial charge in [0.15, 0.2) is 0 Å². The van der Waals surface area contributed by atoms with Gasteiger partial charge in [0, 0.05) is 52.0 Å². The molecule has 1 unspecified atom stereocenters. The number of phenols is 1. The molecule has 6 heteroatoms. The first-order valence-corrected chi connectivity index (χ1v) is 9.41. The zero-order valence-electron chi connectivity index (χ0n) is 14.6. The highest BCUT2D eigenvalue weighted by molar-refractivity contribution is 6.31. The average Bonchev–Trinajstić information content (AvgIpc) is 2.69. The summed E-state index contributed by atoms with van der Waals surface area (Å²) in [6.45, 7) is 0. The molecule has 0 aliphatic heterocycles. The molecule has 4 rings (SSSR count). The molecular formula is C22H15Cl2FN2O. The molecule has 0 aliphatic carbocycles. The predicted octanol–water partition coefficient (Wildman–Crippen LogP) is 6.16. The van der Waals surface area contributed by atoms with Gasteiger partial charge in [-0.2, -0.15) is 0 Å². The number of aromatic nitrogens is 2. The highest BCUT2D eigenvalue weighted by Gasteiger charge is 2.25. The zero-order valence-corrected chi connectivity index (χ0v) is 16.1. The Morgan fingerprint density at radius 1 is 0.964 bits per heavy atom. The average molecular weight is 413 g/mol. The normalized spacial score (nSPS) is 12.2. The standard InChI is InChI=1S/C22H15Cl2FN2O/c23-14-7-8-15(27-12-14)11-17(20-18(24)4-1-5-19(20)25)16-9-6-13-3-2-10-26-21(13)22(16)28/h1-10,12,17,28H,11H2. The van der Waals surface area contributed by atoms with Crippen LogP contribution in [0.15, 0.2) is 67.0 Å². The topological polar surface area (TPSA) is 46.0 Å². The van der Waals surface area contributed by atoms with Crippen molar-refractivity contribution in [3.05, 3.63) is 99.7 Å². The summed E-state index contributed by atoms with van der Waals surface area (Å²) in [6, 6.07) is 15.4. The highest BCUT2D eigenvalue weighted by Crippen LogP contribution is 2.40. The van der Waals surface area contributed by atoms with Gasteiger partial charge in [0.05, 0.1) is 5.02 Å². The molecule has 1 atom stereocenters. The van der Waals surface area contributed by atoms with Gasteiger partial charge in [-0.15, -0.1) is 0 Å². The summed E-state index contributed by atoms with van der Waals surface area (Å²) in [5, 5.41) is 12.5. The third-order valence-corrected chi connectivity index (χ3v) is 5.26. The summed E-state index contributed by atoms with van der Waals surface area (Å²) in [4.78, 5) is 8.60. The molecule has 2 aromatic heterocycles. The minimum absolute atomic E-state index is 0.0105. The smallest absolute Gasteiger partial charge is 0.145 e. The molecule has 0 fully saturated rings. The van der Waals surface area contributed by atoms with Gasteiger partial charge in [-0.25, -0.2) is 4.39 Å². The molecule has 2 heterocycles. The van der Waals surface area contributed by atoms with Gasteiger partial charge in [-0.05, 0) is 30.3 Å². The van der Waals surface area contributed by atoms with Crippen LogP contribution >= 0.6 is 23.2 Å². The monoisotopic (exact) mass is 412 g/mol. The maximum atomic E-state index is 14.8. The number of aromatic hydroxyl groups is 1. The van der Waals surface area contributed by atoms with Gasteiger partial charge in [0.1, 0.15) is 17.1 Å². The van der Waals surface area contributed by atoms with Crippen LogP contribution in [-0.4, -0.2) is 15.1 Å². The van der Waals surface area contributed by atoms with E-state index in [2.05, 4.69) is 9.97 Å². The van der Waals surface area contributed by atoms with E-state index in [1.807, 2.05) is 12.1 Å². The highest BCUT2D eigenvalue weighted by atomic mass is 35.5. The summed E-state index contributed by atoms with van der Waals surface area (Å²) in [5.41, 5.74) is 2.01. The fourth-order valence-electron chi connectivity index (χ4n) is 3.37. The van der Waals surface area contributed by atoms with E-state index in [1.165, 1.54) is 6.07 Å². The van der Waals surface area contributed by atoms with Crippen molar-refractivity contribution >= 4 is 34.1 Å². The summed E-state index contributed by atoms with van der Waals surface area (Å²) in [5.74, 6) is -0.975. The molecule has 3 nitrogen and oxygen atoms in total. The van der Waals surface area contributed by atoms with Crippen LogP contribution in [0, 0.1) is 5.82 Å². The molecule has 0 saturated carbocycles. The number of halogens is 3. The van der Waals surface area contributed by atoms with Gasteiger partial charge >= 0.3 is 0 Å². The lowest BCUT2D eigenvalue weighted by Crippen LogP contribution is -2.10. The van der Waals surface area contributed by atoms with E-state index < -0.39 is 11.7 Å². The van der Waals surface area contributed by atoms with Crippen molar-refractivity contribution < 1.29 is 9.50 Å². The Morgan fingerprint density at radius 2 is 1.82 bits per heavy atom. The van der Waals surface area contributed by atoms with E-state index >= 15 is 0 Å². The number of benzene rings is 2. The Bertz CT molecular complexity index is 1130. The Balaban J connectivity index is 1.90. The predicted molar refractivity (Wildman–Crippen MR) is 110 cm³/mol. The van der Waals surface area contributed by atoms with E-state index in [-0.39, 0.29) is 5.75 Å². The largest absolute Gasteiger partial charge is 0.505 e. The van der Waals surface area contributed by atoms with Crippen LogP contribution in [-0.2, 0) is 6.42 Å². The van der Waals surface area contributed by atoms with Crippen LogP contribution in [0.2, 0.25) is 10.0 Å². The molecule has 1 N–H and O–H groups in total. The van der Waals surface area contributed by atoms with Crippen molar-refractivity contribution in [2.24, 2.45) is 0 Å². The lowest BCUT2D eigenvalue weighted by Gasteiger charge is -2.21. The summed E-state index contributed by atoms with van der Waals surface area (Å²) in [7, 11) is 0. The van der Waals surface area contributed by atoms with E-state index in [9.17, 15) is 9.50 Å². The van der Waals surface area contributed by atoms with Crippen LogP contribution in [0.4, 0.5) is 4.39 Å². The Labute approximate surface area is 171 Å². The first-order chi connectivity index (χ1) is 13.5. The van der Waals surface area contributed by atoms with Gasteiger partial charge in [0.25, 0.3) is 0 Å². The number of pyridine rings is 2. The molecular weight excluding hydrogens is 398 g/mol. The molecule has 0 spiro atoms. The summed E-state index contributed by atoms with van der Waals surface area (Å²) < 4.78 is 14.8. The van der Waals surface area contributed by atoms with Crippen molar-refractivity contribution in [3.8, 4) is 5.75 Å². The van der Waals surface area contributed by atoms with Crippen LogP contribution in [0.25, 0.3) is 10.9 Å². The Kier molecular flexibility index (Phi) is 5.16. The number of hydrogen-bond acceptors (Lipinski definition) is 3. The third kappa shape index (κ3) is 3.53. The van der Waals surface area contributed by atoms with Crippen molar-refractivity contribution in [2.45, 2.75) is 12.3 Å². The van der Waals surface area contributed by atoms with Crippen LogP contribution in [0.1, 0.15) is 22.7 Å². The van der Waals surface area contributed by atoms with E-state index in [4.69, 9.17) is 23.2 Å². The van der Waals surface area contributed by atoms with Crippen molar-refractivity contribution in [1.82, 2.24) is 9.97 Å². The Morgan fingerprint density at radius 3 is 2.57 bits per heavy atom. The SMILES string of the molecule is Oc1c(C(Cc2ccc(Cl)cn2)c2c(F)cccc2Cl)ccc2cccnc12. The van der Waals surface area contributed by atoms with Crippen molar-refractivity contribution in [2.75, 3.05) is 0 Å². The maximum absolute atomic E-state index is 14.8. The number of phenolic OH excluding ortho intramolecular Hbond substituents is 1. The molecule has 28 heavy (non-hydrogen) atoms. The molecule has 140 valence electrons. The van der Waals surface area contributed by atoms with Gasteiger partial charge < -0.3 is 5.11 Å². The van der Waals surface area contributed by atoms with E-state index in [0.29, 0.717) is 38.8 Å². The van der Waals surface area contributed by atoms with Gasteiger partial charge in [0.2, 0.25) is 0 Å². The third-order valence-electron chi connectivity index (χ3n) is 4.70. The lowest BCUT2D eigenvalue weighted by atomic mass is 9.85. The van der Waals surface area contributed by atoms with Crippen molar-refractivity contribution in [1.29, 1.82) is 0 Å². The fourth-order valence-corrected chi connectivity index (χ4v) is 3.78. The number of hydrogen-bond donors (Lipinski definition) is 1. The molecule has 0 bridgehead atoms. The Hall–Kier alpha value is -2.69. The number of fused-ring (bicyclic) bond motifs is 1. The van der Waals surface area contributed by atoms with Gasteiger partial charge in [-0.1, -0.05) is 47.5 Å².